The van der Waals surface area contributed by atoms with E-state index in [1.54, 1.807) is 6.07 Å². The molecule has 1 aromatic heterocycles. The summed E-state index contributed by atoms with van der Waals surface area (Å²) in [7, 11) is 0. The number of carboxylic acids is 1. The summed E-state index contributed by atoms with van der Waals surface area (Å²) >= 11 is 5.91. The van der Waals surface area contributed by atoms with Gasteiger partial charge in [-0.2, -0.15) is 0 Å². The molecule has 0 spiro atoms. The third kappa shape index (κ3) is 3.08. The van der Waals surface area contributed by atoms with Crippen molar-refractivity contribution in [1.29, 1.82) is 0 Å². The maximum absolute atomic E-state index is 10.9. The van der Waals surface area contributed by atoms with Gasteiger partial charge in [-0.15, -0.1) is 0 Å². The number of hydrogen-bond acceptors (Lipinski definition) is 3. The molecule has 1 N–H and O–H groups in total. The van der Waals surface area contributed by atoms with Gasteiger partial charge in [0.05, 0.1) is 16.3 Å². The predicted molar refractivity (Wildman–Crippen MR) is 76.8 cm³/mol. The lowest BCUT2D eigenvalue weighted by molar-refractivity contribution is 0.0697. The Hall–Kier alpha value is -2.07. The zero-order chi connectivity index (χ0) is 14.7. The van der Waals surface area contributed by atoms with Gasteiger partial charge >= 0.3 is 5.97 Å². The number of carbonyl (C=O) groups is 1. The van der Waals surface area contributed by atoms with Crippen LogP contribution in [0, 0.1) is 6.92 Å². The molecule has 0 fully saturated rings. The van der Waals surface area contributed by atoms with Gasteiger partial charge in [0.15, 0.2) is 0 Å². The molecule has 1 aromatic carbocycles. The highest BCUT2D eigenvalue weighted by Crippen LogP contribution is 2.28. The summed E-state index contributed by atoms with van der Waals surface area (Å²) < 4.78 is 5.73. The van der Waals surface area contributed by atoms with Crippen LogP contribution in [0.4, 0.5) is 0 Å². The zero-order valence-electron chi connectivity index (χ0n) is 11.2. The molecule has 0 aliphatic rings. The highest BCUT2D eigenvalue weighted by molar-refractivity contribution is 6.33. The normalized spacial score (nSPS) is 10.3. The van der Waals surface area contributed by atoms with E-state index in [0.29, 0.717) is 11.5 Å². The van der Waals surface area contributed by atoms with Crippen LogP contribution in [0.1, 0.15) is 28.7 Å². The lowest BCUT2D eigenvalue weighted by Gasteiger charge is -2.11. The van der Waals surface area contributed by atoms with E-state index in [4.69, 9.17) is 21.4 Å². The molecule has 0 bridgehead atoms. The number of halogens is 1. The molecule has 0 unspecified atom stereocenters. The molecule has 2 rings (SSSR count). The molecule has 0 amide bonds. The summed E-state index contributed by atoms with van der Waals surface area (Å²) in [5.74, 6) is 0.0744. The number of hydrogen-bond donors (Lipinski definition) is 1. The first-order valence-corrected chi connectivity index (χ1v) is 6.56. The van der Waals surface area contributed by atoms with Crippen molar-refractivity contribution in [3.63, 3.8) is 0 Å². The van der Waals surface area contributed by atoms with Gasteiger partial charge in [-0.1, -0.05) is 18.5 Å². The number of nitrogens with zero attached hydrogens (tertiary/aromatic N) is 1. The molecule has 0 saturated heterocycles. The van der Waals surface area contributed by atoms with Crippen LogP contribution in [0.3, 0.4) is 0 Å². The molecule has 0 radical (unpaired) electrons. The van der Waals surface area contributed by atoms with E-state index in [1.807, 2.05) is 26.0 Å². The molecule has 104 valence electrons. The summed E-state index contributed by atoms with van der Waals surface area (Å²) in [6.07, 6.45) is 0.748. The lowest BCUT2D eigenvalue weighted by atomic mass is 10.2. The van der Waals surface area contributed by atoms with Gasteiger partial charge in [0.2, 0.25) is 0 Å². The number of rotatable bonds is 4. The third-order valence-electron chi connectivity index (χ3n) is 2.81. The topological polar surface area (TPSA) is 59.4 Å². The van der Waals surface area contributed by atoms with E-state index in [1.165, 1.54) is 12.1 Å². The molecule has 0 aliphatic heterocycles. The van der Waals surface area contributed by atoms with Crippen molar-refractivity contribution < 1.29 is 14.6 Å². The number of benzene rings is 1. The fourth-order valence-electron chi connectivity index (χ4n) is 1.80. The van der Waals surface area contributed by atoms with Crippen molar-refractivity contribution in [2.75, 3.05) is 0 Å². The van der Waals surface area contributed by atoms with E-state index in [0.717, 1.165) is 17.8 Å². The average Bonchev–Trinajstić information content (AvgIpc) is 2.40. The zero-order valence-corrected chi connectivity index (χ0v) is 11.9. The molecule has 20 heavy (non-hydrogen) atoms. The molecule has 0 atom stereocenters. The number of pyridine rings is 1. The van der Waals surface area contributed by atoms with Gasteiger partial charge in [0, 0.05) is 11.8 Å². The van der Waals surface area contributed by atoms with Crippen LogP contribution in [0.15, 0.2) is 30.3 Å². The Morgan fingerprint density at radius 1 is 1.35 bits per heavy atom. The minimum absolute atomic E-state index is 0.0526. The molecule has 0 aliphatic carbocycles. The van der Waals surface area contributed by atoms with Crippen LogP contribution in [0.5, 0.6) is 11.5 Å². The monoisotopic (exact) mass is 291 g/mol. The van der Waals surface area contributed by atoms with Crippen molar-refractivity contribution in [1.82, 2.24) is 4.98 Å². The Morgan fingerprint density at radius 2 is 2.10 bits per heavy atom. The van der Waals surface area contributed by atoms with Crippen molar-refractivity contribution in [3.05, 3.63) is 52.3 Å². The highest BCUT2D eigenvalue weighted by Gasteiger charge is 2.11. The van der Waals surface area contributed by atoms with E-state index >= 15 is 0 Å². The largest absolute Gasteiger partial charge is 0.478 e. The van der Waals surface area contributed by atoms with Crippen LogP contribution >= 0.6 is 11.6 Å². The number of aromatic carboxylic acids is 1. The number of carboxylic acid groups (broad SMARTS) is 1. The second-order valence-electron chi connectivity index (χ2n) is 4.30. The van der Waals surface area contributed by atoms with E-state index in [-0.39, 0.29) is 10.6 Å². The van der Waals surface area contributed by atoms with Gasteiger partial charge in [0.1, 0.15) is 11.5 Å². The van der Waals surface area contributed by atoms with E-state index in [2.05, 4.69) is 4.98 Å². The maximum Gasteiger partial charge on any atom is 0.337 e. The van der Waals surface area contributed by atoms with Gasteiger partial charge in [-0.05, 0) is 37.6 Å². The molecule has 2 aromatic rings. The summed E-state index contributed by atoms with van der Waals surface area (Å²) in [4.78, 5) is 15.3. The SMILES string of the molecule is CCc1nc(C)ccc1Oc1ccc(C(=O)O)c(Cl)c1. The number of aryl methyl sites for hydroxylation is 2. The van der Waals surface area contributed by atoms with Gasteiger partial charge in [-0.25, -0.2) is 4.79 Å². The minimum atomic E-state index is -1.06. The van der Waals surface area contributed by atoms with Crippen molar-refractivity contribution in [2.45, 2.75) is 20.3 Å². The van der Waals surface area contributed by atoms with Crippen molar-refractivity contribution in [2.24, 2.45) is 0 Å². The number of aromatic nitrogens is 1. The van der Waals surface area contributed by atoms with Crippen molar-refractivity contribution in [3.8, 4) is 11.5 Å². The van der Waals surface area contributed by atoms with Crippen LogP contribution in [-0.2, 0) is 6.42 Å². The van der Waals surface area contributed by atoms with Crippen LogP contribution in [0.25, 0.3) is 0 Å². The highest BCUT2D eigenvalue weighted by atomic mass is 35.5. The van der Waals surface area contributed by atoms with Crippen LogP contribution in [-0.4, -0.2) is 16.1 Å². The fourth-order valence-corrected chi connectivity index (χ4v) is 2.06. The maximum atomic E-state index is 10.9. The Balaban J connectivity index is 2.31. The van der Waals surface area contributed by atoms with E-state index in [9.17, 15) is 4.79 Å². The average molecular weight is 292 g/mol. The Labute approximate surface area is 122 Å². The predicted octanol–water partition coefficient (Wildman–Crippen LogP) is 4.10. The first kappa shape index (κ1) is 14.3. The summed E-state index contributed by atoms with van der Waals surface area (Å²) in [5, 5.41) is 9.07. The first-order valence-electron chi connectivity index (χ1n) is 6.18. The summed E-state index contributed by atoms with van der Waals surface area (Å²) in [6.45, 7) is 3.91. The molecule has 0 saturated carbocycles. The quantitative estimate of drug-likeness (QED) is 0.921. The van der Waals surface area contributed by atoms with Crippen LogP contribution in [0.2, 0.25) is 5.02 Å². The second-order valence-corrected chi connectivity index (χ2v) is 4.71. The summed E-state index contributed by atoms with van der Waals surface area (Å²) in [5.41, 5.74) is 1.83. The van der Waals surface area contributed by atoms with E-state index < -0.39 is 5.97 Å². The summed E-state index contributed by atoms with van der Waals surface area (Å²) in [6, 6.07) is 8.20. The van der Waals surface area contributed by atoms with Crippen LogP contribution < -0.4 is 4.74 Å². The Bertz CT molecular complexity index is 656. The Morgan fingerprint density at radius 3 is 2.70 bits per heavy atom. The molecule has 4 nitrogen and oxygen atoms in total. The van der Waals surface area contributed by atoms with Crippen molar-refractivity contribution >= 4 is 17.6 Å². The van der Waals surface area contributed by atoms with Gasteiger partial charge in [0.25, 0.3) is 0 Å². The molecule has 1 heterocycles. The smallest absolute Gasteiger partial charge is 0.337 e. The standard InChI is InChI=1S/C15H14ClNO3/c1-3-13-14(7-4-9(2)17-13)20-10-5-6-11(15(18)19)12(16)8-10/h4-8H,3H2,1-2H3,(H,18,19). The Kier molecular flexibility index (Phi) is 4.25. The molecule has 5 heteroatoms. The van der Waals surface area contributed by atoms with Gasteiger partial charge in [-0.3, -0.25) is 4.98 Å². The minimum Gasteiger partial charge on any atom is -0.478 e. The lowest BCUT2D eigenvalue weighted by Crippen LogP contribution is -1.99. The first-order chi connectivity index (χ1) is 9.51. The molecular formula is C15H14ClNO3. The second kappa shape index (κ2) is 5.92. The molecular weight excluding hydrogens is 278 g/mol. The van der Waals surface area contributed by atoms with Gasteiger partial charge < -0.3 is 9.84 Å². The third-order valence-corrected chi connectivity index (χ3v) is 3.12. The number of ether oxygens (including phenoxy) is 1. The fraction of sp³-hybridized carbons (Fsp3) is 0.200.